The third kappa shape index (κ3) is 5.35. The van der Waals surface area contributed by atoms with E-state index in [1.165, 1.54) is 12.1 Å². The lowest BCUT2D eigenvalue weighted by Crippen LogP contribution is -2.34. The Bertz CT molecular complexity index is 1340. The van der Waals surface area contributed by atoms with Crippen LogP contribution >= 0.6 is 11.6 Å². The molecule has 0 atom stereocenters. The molecule has 0 saturated heterocycles. The fourth-order valence-corrected chi connectivity index (χ4v) is 3.30. The number of H-pyrrole nitrogens is 1. The van der Waals surface area contributed by atoms with Gasteiger partial charge in [0.25, 0.3) is 0 Å². The molecule has 6 nitrogen and oxygen atoms in total. The molecule has 2 aromatic carbocycles. The van der Waals surface area contributed by atoms with Crippen molar-refractivity contribution in [2.75, 3.05) is 0 Å². The van der Waals surface area contributed by atoms with Crippen LogP contribution in [0, 0.1) is 29.0 Å². The van der Waals surface area contributed by atoms with Crippen LogP contribution in [0.15, 0.2) is 41.2 Å². The molecule has 1 saturated carbocycles. The minimum Gasteiger partial charge on any atom is -0.352 e. The van der Waals surface area contributed by atoms with E-state index < -0.39 is 16.9 Å². The highest BCUT2D eigenvalue weighted by Gasteiger charge is 2.21. The van der Waals surface area contributed by atoms with Crippen LogP contribution < -0.4 is 11.0 Å². The number of benzene rings is 2. The highest BCUT2D eigenvalue weighted by molar-refractivity contribution is 6.33. The smallest absolute Gasteiger partial charge is 0.348 e. The number of aromatic nitrogens is 3. The Balaban J connectivity index is 1.60. The number of amides is 1. The number of carbonyl (C=O) groups excluding carboxylic acids is 1. The number of nitrogens with zero attached hydrogens (tertiary/aromatic N) is 2. The van der Waals surface area contributed by atoms with Crippen molar-refractivity contribution in [1.29, 1.82) is 0 Å². The first-order chi connectivity index (χ1) is 15.6. The van der Waals surface area contributed by atoms with Gasteiger partial charge in [-0.2, -0.15) is 4.68 Å². The Kier molecular flexibility index (Phi) is 6.13. The summed E-state index contributed by atoms with van der Waals surface area (Å²) in [5.41, 5.74) is 0.726. The van der Waals surface area contributed by atoms with Gasteiger partial charge in [-0.05, 0) is 48.7 Å². The predicted octanol–water partition coefficient (Wildman–Crippen LogP) is 4.44. The maximum absolute atomic E-state index is 14.7. The van der Waals surface area contributed by atoms with E-state index in [1.54, 1.807) is 24.3 Å². The molecule has 0 radical (unpaired) electrons. The molecule has 8 heteroatoms. The number of hydrogen-bond acceptors (Lipinski definition) is 3. The van der Waals surface area contributed by atoms with E-state index in [2.05, 4.69) is 27.2 Å². The van der Waals surface area contributed by atoms with E-state index >= 15 is 0 Å². The molecule has 33 heavy (non-hydrogen) atoms. The number of aromatic amines is 1. The number of carbonyl (C=O) groups is 1. The molecule has 1 aliphatic carbocycles. The van der Waals surface area contributed by atoms with Gasteiger partial charge in [0.2, 0.25) is 5.91 Å². The summed E-state index contributed by atoms with van der Waals surface area (Å²) in [4.78, 5) is 27.3. The topological polar surface area (TPSA) is 79.8 Å². The van der Waals surface area contributed by atoms with Crippen LogP contribution in [0.5, 0.6) is 0 Å². The van der Waals surface area contributed by atoms with E-state index in [9.17, 15) is 14.0 Å². The Morgan fingerprint density at radius 3 is 2.70 bits per heavy atom. The molecule has 1 aromatic heterocycles. The molecule has 3 aromatic rings. The van der Waals surface area contributed by atoms with Gasteiger partial charge in [-0.3, -0.25) is 9.78 Å². The van der Waals surface area contributed by atoms with Gasteiger partial charge in [-0.1, -0.05) is 50.3 Å². The van der Waals surface area contributed by atoms with E-state index in [0.717, 1.165) is 23.1 Å². The molecular weight excluding hydrogens is 443 g/mol. The Hall–Kier alpha value is -3.37. The highest BCUT2D eigenvalue weighted by atomic mass is 35.5. The van der Waals surface area contributed by atoms with Crippen LogP contribution in [0.3, 0.4) is 0 Å². The predicted molar refractivity (Wildman–Crippen MR) is 125 cm³/mol. The maximum atomic E-state index is 14.7. The zero-order valence-corrected chi connectivity index (χ0v) is 19.4. The normalized spacial score (nSPS) is 13.4. The summed E-state index contributed by atoms with van der Waals surface area (Å²) < 4.78 is 15.7. The van der Waals surface area contributed by atoms with E-state index in [-0.39, 0.29) is 17.4 Å². The van der Waals surface area contributed by atoms with Crippen molar-refractivity contribution in [2.45, 2.75) is 40.2 Å². The van der Waals surface area contributed by atoms with Gasteiger partial charge < -0.3 is 5.32 Å². The van der Waals surface area contributed by atoms with E-state index in [4.69, 9.17) is 11.6 Å². The van der Waals surface area contributed by atoms with Gasteiger partial charge in [-0.25, -0.2) is 9.18 Å². The van der Waals surface area contributed by atoms with Crippen molar-refractivity contribution in [3.8, 4) is 28.9 Å². The Morgan fingerprint density at radius 2 is 2.03 bits per heavy atom. The van der Waals surface area contributed by atoms with Gasteiger partial charge in [0.05, 0.1) is 5.02 Å². The van der Waals surface area contributed by atoms with Gasteiger partial charge >= 0.3 is 5.69 Å². The largest absolute Gasteiger partial charge is 0.352 e. The summed E-state index contributed by atoms with van der Waals surface area (Å²) >= 11 is 6.34. The highest BCUT2D eigenvalue weighted by Crippen LogP contribution is 2.28. The second-order valence-corrected chi connectivity index (χ2v) is 9.55. The zero-order chi connectivity index (χ0) is 23.8. The van der Waals surface area contributed by atoms with Crippen molar-refractivity contribution in [3.05, 3.63) is 68.8 Å². The zero-order valence-electron chi connectivity index (χ0n) is 18.6. The summed E-state index contributed by atoms with van der Waals surface area (Å²) in [7, 11) is 0. The first-order valence-corrected chi connectivity index (χ1v) is 11.1. The molecule has 1 heterocycles. The first kappa shape index (κ1) is 22.8. The second kappa shape index (κ2) is 8.87. The molecule has 0 spiro atoms. The third-order valence-corrected chi connectivity index (χ3v) is 5.54. The average molecular weight is 467 g/mol. The van der Waals surface area contributed by atoms with Gasteiger partial charge in [0.15, 0.2) is 5.82 Å². The average Bonchev–Trinajstić information content (AvgIpc) is 3.51. The minimum atomic E-state index is -0.595. The first-order valence-electron chi connectivity index (χ1n) is 10.7. The summed E-state index contributed by atoms with van der Waals surface area (Å²) in [5, 5.41) is 7.50. The summed E-state index contributed by atoms with van der Waals surface area (Å²) in [6, 6.07) is 9.64. The molecule has 0 aliphatic heterocycles. The number of nitrogens with one attached hydrogen (secondary N) is 2. The quantitative estimate of drug-likeness (QED) is 0.558. The lowest BCUT2D eigenvalue weighted by molar-refractivity contribution is -0.128. The minimum absolute atomic E-state index is 0.0178. The molecule has 1 aliphatic rings. The molecule has 1 fully saturated rings. The van der Waals surface area contributed by atoms with Crippen molar-refractivity contribution in [1.82, 2.24) is 20.1 Å². The van der Waals surface area contributed by atoms with Crippen LogP contribution in [0.2, 0.25) is 5.02 Å². The van der Waals surface area contributed by atoms with E-state index in [1.807, 2.05) is 20.8 Å². The molecule has 2 N–H and O–H groups in total. The van der Waals surface area contributed by atoms with Crippen LogP contribution in [0.1, 0.15) is 44.7 Å². The molecule has 0 unspecified atom stereocenters. The van der Waals surface area contributed by atoms with Gasteiger partial charge in [0, 0.05) is 29.0 Å². The fourth-order valence-electron chi connectivity index (χ4n) is 3.09. The lowest BCUT2D eigenvalue weighted by atomic mass is 9.95. The molecular formula is C25H24ClFN4O2. The number of halogens is 2. The van der Waals surface area contributed by atoms with Crippen molar-refractivity contribution >= 4 is 17.5 Å². The Morgan fingerprint density at radius 1 is 1.27 bits per heavy atom. The van der Waals surface area contributed by atoms with E-state index in [0.29, 0.717) is 28.6 Å². The monoisotopic (exact) mass is 466 g/mol. The third-order valence-electron chi connectivity index (χ3n) is 5.21. The standard InChI is InChI=1S/C25H24ClFN4O2/c1-25(2,3)23(32)28-14-17-8-10-19(26)18(12-17)22-29-24(33)31(30-22)21-11-9-16(13-20(21)27)7-6-15-4-5-15/h8-13,15H,4-5,14H2,1-3H3,(H,28,32)(H,29,30,33). The van der Waals surface area contributed by atoms with Crippen LogP contribution in [-0.2, 0) is 11.3 Å². The molecule has 170 valence electrons. The SMILES string of the molecule is CC(C)(C)C(=O)NCc1ccc(Cl)c(-c2nn(-c3ccc(C#CC4CC4)cc3F)c(=O)[nH]2)c1. The van der Waals surface area contributed by atoms with Crippen molar-refractivity contribution < 1.29 is 9.18 Å². The molecule has 0 bridgehead atoms. The summed E-state index contributed by atoms with van der Waals surface area (Å²) in [6.45, 7) is 5.79. The Labute approximate surface area is 196 Å². The van der Waals surface area contributed by atoms with Crippen LogP contribution in [-0.4, -0.2) is 20.7 Å². The fraction of sp³-hybridized carbons (Fsp3) is 0.320. The maximum Gasteiger partial charge on any atom is 0.348 e. The van der Waals surface area contributed by atoms with Crippen molar-refractivity contribution in [2.24, 2.45) is 11.3 Å². The van der Waals surface area contributed by atoms with Crippen LogP contribution in [0.4, 0.5) is 4.39 Å². The lowest BCUT2D eigenvalue weighted by Gasteiger charge is -2.17. The molecule has 1 amide bonds. The number of rotatable bonds is 4. The van der Waals surface area contributed by atoms with Crippen molar-refractivity contribution in [3.63, 3.8) is 0 Å². The second-order valence-electron chi connectivity index (χ2n) is 9.15. The molecule has 4 rings (SSSR count). The summed E-state index contributed by atoms with van der Waals surface area (Å²) in [5.74, 6) is 5.98. The van der Waals surface area contributed by atoms with Gasteiger partial charge in [0.1, 0.15) is 11.5 Å². The van der Waals surface area contributed by atoms with Gasteiger partial charge in [-0.15, -0.1) is 5.10 Å². The summed E-state index contributed by atoms with van der Waals surface area (Å²) in [6.07, 6.45) is 2.18. The number of hydrogen-bond donors (Lipinski definition) is 2. The van der Waals surface area contributed by atoms with Crippen LogP contribution in [0.25, 0.3) is 17.1 Å².